The number of nitrogens with zero attached hydrogens (tertiary/aromatic N) is 1. The Morgan fingerprint density at radius 1 is 1.18 bits per heavy atom. The van der Waals surface area contributed by atoms with Gasteiger partial charge in [-0.05, 0) is 30.2 Å². The smallest absolute Gasteiger partial charge is 0.311 e. The van der Waals surface area contributed by atoms with Gasteiger partial charge in [0.05, 0.1) is 16.6 Å². The summed E-state index contributed by atoms with van der Waals surface area (Å²) in [5.41, 5.74) is 2.27. The number of halogens is 1. The van der Waals surface area contributed by atoms with Crippen LogP contribution in [0, 0.1) is 5.92 Å². The number of hydrogen-bond donors (Lipinski definition) is 1. The summed E-state index contributed by atoms with van der Waals surface area (Å²) in [7, 11) is 0. The van der Waals surface area contributed by atoms with E-state index in [4.69, 9.17) is 16.3 Å². The normalized spacial score (nSPS) is 16.1. The van der Waals surface area contributed by atoms with Crippen LogP contribution in [0.4, 0.5) is 11.4 Å². The minimum absolute atomic E-state index is 0.0321. The molecule has 2 aromatic rings. The second-order valence-corrected chi connectivity index (χ2v) is 6.93. The number of esters is 1. The van der Waals surface area contributed by atoms with Crippen molar-refractivity contribution in [3.63, 3.8) is 0 Å². The van der Waals surface area contributed by atoms with Gasteiger partial charge in [0.25, 0.3) is 5.91 Å². The van der Waals surface area contributed by atoms with Crippen LogP contribution >= 0.6 is 11.6 Å². The molecule has 0 radical (unpaired) electrons. The van der Waals surface area contributed by atoms with E-state index < -0.39 is 24.4 Å². The highest BCUT2D eigenvalue weighted by molar-refractivity contribution is 6.33. The lowest BCUT2D eigenvalue weighted by Gasteiger charge is -2.17. The van der Waals surface area contributed by atoms with Gasteiger partial charge in [-0.25, -0.2) is 0 Å². The molecule has 146 valence electrons. The molecule has 0 aliphatic carbocycles. The molecule has 0 spiro atoms. The molecule has 28 heavy (non-hydrogen) atoms. The van der Waals surface area contributed by atoms with Crippen LogP contribution < -0.4 is 10.2 Å². The van der Waals surface area contributed by atoms with E-state index in [1.165, 1.54) is 4.90 Å². The van der Waals surface area contributed by atoms with Crippen molar-refractivity contribution in [2.24, 2.45) is 5.92 Å². The molecular formula is C21H21ClN2O4. The molecule has 7 heteroatoms. The highest BCUT2D eigenvalue weighted by atomic mass is 35.5. The minimum Gasteiger partial charge on any atom is -0.455 e. The molecule has 2 aromatic carbocycles. The van der Waals surface area contributed by atoms with Gasteiger partial charge in [0, 0.05) is 18.7 Å². The van der Waals surface area contributed by atoms with Crippen LogP contribution in [0.5, 0.6) is 0 Å². The minimum atomic E-state index is -0.625. The number of nitrogens with one attached hydrogen (secondary N) is 1. The molecular weight excluding hydrogens is 380 g/mol. The summed E-state index contributed by atoms with van der Waals surface area (Å²) in [6, 6.07) is 14.4. The van der Waals surface area contributed by atoms with Crippen molar-refractivity contribution in [1.29, 1.82) is 0 Å². The number of amides is 2. The molecule has 1 N–H and O–H groups in total. The maximum Gasteiger partial charge on any atom is 0.311 e. The molecule has 0 unspecified atom stereocenters. The number of para-hydroxylation sites is 2. The highest BCUT2D eigenvalue weighted by Crippen LogP contribution is 2.31. The molecule has 0 bridgehead atoms. The van der Waals surface area contributed by atoms with Crippen molar-refractivity contribution >= 4 is 40.8 Å². The van der Waals surface area contributed by atoms with Crippen molar-refractivity contribution in [1.82, 2.24) is 0 Å². The van der Waals surface area contributed by atoms with E-state index in [9.17, 15) is 14.4 Å². The van der Waals surface area contributed by atoms with Crippen molar-refractivity contribution in [3.05, 3.63) is 59.1 Å². The first-order valence-corrected chi connectivity index (χ1v) is 9.46. The third kappa shape index (κ3) is 4.51. The Morgan fingerprint density at radius 2 is 1.89 bits per heavy atom. The molecule has 6 nitrogen and oxygen atoms in total. The van der Waals surface area contributed by atoms with Gasteiger partial charge in [0.1, 0.15) is 0 Å². The predicted molar refractivity (Wildman–Crippen MR) is 107 cm³/mol. The average Bonchev–Trinajstić information content (AvgIpc) is 3.08. The molecule has 0 saturated carbocycles. The molecule has 2 amide bonds. The number of carbonyl (C=O) groups excluding carboxylic acids is 3. The Hall–Kier alpha value is -2.86. The SMILES string of the molecule is CCc1ccccc1NC(=O)COC(=O)[C@@H]1CC(=O)N(c2ccccc2Cl)C1. The third-order valence-corrected chi connectivity index (χ3v) is 4.94. The van der Waals surface area contributed by atoms with E-state index in [1.54, 1.807) is 30.3 Å². The third-order valence-electron chi connectivity index (χ3n) is 4.62. The Kier molecular flexibility index (Phi) is 6.31. The summed E-state index contributed by atoms with van der Waals surface area (Å²) < 4.78 is 5.13. The first kappa shape index (κ1) is 19.9. The van der Waals surface area contributed by atoms with Crippen molar-refractivity contribution in [3.8, 4) is 0 Å². The fourth-order valence-electron chi connectivity index (χ4n) is 3.16. The van der Waals surface area contributed by atoms with Crippen molar-refractivity contribution < 1.29 is 19.1 Å². The second kappa shape index (κ2) is 8.89. The van der Waals surface area contributed by atoms with E-state index in [-0.39, 0.29) is 18.9 Å². The van der Waals surface area contributed by atoms with Gasteiger partial charge >= 0.3 is 5.97 Å². The highest BCUT2D eigenvalue weighted by Gasteiger charge is 2.37. The molecule has 1 heterocycles. The lowest BCUT2D eigenvalue weighted by molar-refractivity contribution is -0.151. The molecule has 1 aliphatic rings. The molecule has 3 rings (SSSR count). The number of ether oxygens (including phenoxy) is 1. The molecule has 1 fully saturated rings. The van der Waals surface area contributed by atoms with Gasteiger partial charge in [-0.15, -0.1) is 0 Å². The number of carbonyl (C=O) groups is 3. The maximum atomic E-state index is 12.3. The number of aryl methyl sites for hydroxylation is 1. The van der Waals surface area contributed by atoms with Crippen molar-refractivity contribution in [2.75, 3.05) is 23.4 Å². The molecule has 0 aromatic heterocycles. The zero-order chi connectivity index (χ0) is 20.1. The first-order valence-electron chi connectivity index (χ1n) is 9.09. The summed E-state index contributed by atoms with van der Waals surface area (Å²) in [5.74, 6) is -1.81. The largest absolute Gasteiger partial charge is 0.455 e. The summed E-state index contributed by atoms with van der Waals surface area (Å²) >= 11 is 6.14. The number of benzene rings is 2. The number of anilines is 2. The van der Waals surface area contributed by atoms with Gasteiger partial charge in [-0.2, -0.15) is 0 Å². The average molecular weight is 401 g/mol. The Labute approximate surface area is 168 Å². The van der Waals surface area contributed by atoms with Crippen LogP contribution in [0.3, 0.4) is 0 Å². The summed E-state index contributed by atoms with van der Waals surface area (Å²) in [5, 5.41) is 3.19. The van der Waals surface area contributed by atoms with Crippen LogP contribution in [0.15, 0.2) is 48.5 Å². The first-order chi connectivity index (χ1) is 13.5. The van der Waals surface area contributed by atoms with E-state index in [1.807, 2.05) is 25.1 Å². The van der Waals surface area contributed by atoms with E-state index >= 15 is 0 Å². The fourth-order valence-corrected chi connectivity index (χ4v) is 3.40. The Morgan fingerprint density at radius 3 is 2.64 bits per heavy atom. The Balaban J connectivity index is 1.55. The predicted octanol–water partition coefficient (Wildman–Crippen LogP) is 3.44. The lowest BCUT2D eigenvalue weighted by Crippen LogP contribution is -2.28. The van der Waals surface area contributed by atoms with Crippen LogP contribution in [0.25, 0.3) is 0 Å². The van der Waals surface area contributed by atoms with Crippen molar-refractivity contribution in [2.45, 2.75) is 19.8 Å². The zero-order valence-electron chi connectivity index (χ0n) is 15.5. The van der Waals surface area contributed by atoms with Gasteiger partial charge in [0.15, 0.2) is 6.61 Å². The summed E-state index contributed by atoms with van der Waals surface area (Å²) in [6.07, 6.45) is 0.808. The Bertz CT molecular complexity index is 899. The fraction of sp³-hybridized carbons (Fsp3) is 0.286. The van der Waals surface area contributed by atoms with Crippen LogP contribution in [0.2, 0.25) is 5.02 Å². The zero-order valence-corrected chi connectivity index (χ0v) is 16.2. The van der Waals surface area contributed by atoms with Crippen LogP contribution in [-0.2, 0) is 25.5 Å². The van der Waals surface area contributed by atoms with Gasteiger partial charge in [0.2, 0.25) is 5.91 Å². The monoisotopic (exact) mass is 400 g/mol. The summed E-state index contributed by atoms with van der Waals surface area (Å²) in [6.45, 7) is 1.78. The number of rotatable bonds is 6. The molecule has 1 aliphatic heterocycles. The lowest BCUT2D eigenvalue weighted by atomic mass is 10.1. The molecule has 1 saturated heterocycles. The standard InChI is InChI=1S/C21H21ClN2O4/c1-2-14-7-3-5-9-17(14)23-19(25)13-28-21(27)15-11-20(26)24(12-15)18-10-6-4-8-16(18)22/h3-10,15H,2,11-13H2,1H3,(H,23,25)/t15-/m1/s1. The van der Waals surface area contributed by atoms with E-state index in [2.05, 4.69) is 5.32 Å². The second-order valence-electron chi connectivity index (χ2n) is 6.52. The van der Waals surface area contributed by atoms with Crippen LogP contribution in [0.1, 0.15) is 18.9 Å². The number of hydrogen-bond acceptors (Lipinski definition) is 4. The van der Waals surface area contributed by atoms with Gasteiger partial charge < -0.3 is 15.0 Å². The van der Waals surface area contributed by atoms with Gasteiger partial charge in [-0.1, -0.05) is 48.9 Å². The topological polar surface area (TPSA) is 75.7 Å². The van der Waals surface area contributed by atoms with E-state index in [0.717, 1.165) is 12.0 Å². The quantitative estimate of drug-likeness (QED) is 0.753. The molecule has 1 atom stereocenters. The van der Waals surface area contributed by atoms with Crippen LogP contribution in [-0.4, -0.2) is 30.9 Å². The maximum absolute atomic E-state index is 12.3. The van der Waals surface area contributed by atoms with E-state index in [0.29, 0.717) is 16.4 Å². The summed E-state index contributed by atoms with van der Waals surface area (Å²) in [4.78, 5) is 38.2. The van der Waals surface area contributed by atoms with Gasteiger partial charge in [-0.3, -0.25) is 14.4 Å².